The molecule has 0 fully saturated rings. The van der Waals surface area contributed by atoms with E-state index >= 15 is 0 Å². The van der Waals surface area contributed by atoms with Crippen LogP contribution in [0, 0.1) is 5.92 Å². The molecule has 0 N–H and O–H groups in total. The molecule has 0 aliphatic rings. The first-order valence-corrected chi connectivity index (χ1v) is 7.91. The summed E-state index contributed by atoms with van der Waals surface area (Å²) in [6, 6.07) is 0. The Balaban J connectivity index is 3.55. The minimum absolute atomic E-state index is 0.513. The van der Waals surface area contributed by atoms with Crippen molar-refractivity contribution in [3.8, 4) is 0 Å². The minimum atomic E-state index is 0.513. The second kappa shape index (κ2) is 15.8. The van der Waals surface area contributed by atoms with Gasteiger partial charge in [0.05, 0.1) is 0 Å². The van der Waals surface area contributed by atoms with Crippen LogP contribution in [0.5, 0.6) is 0 Å². The lowest BCUT2D eigenvalue weighted by atomic mass is 9.92. The molecule has 0 bridgehead atoms. The summed E-state index contributed by atoms with van der Waals surface area (Å²) in [6.07, 6.45) is 15.7. The number of carbonyl (C=O) groups excluding carboxylic acids is 3. The molecule has 20 heavy (non-hydrogen) atoms. The predicted octanol–water partition coefficient (Wildman–Crippen LogP) is 4.07. The summed E-state index contributed by atoms with van der Waals surface area (Å²) in [4.78, 5) is 30.9. The largest absolute Gasteiger partial charge is 0.303 e. The molecule has 0 aromatic rings. The molecular weight excluding hydrogens is 252 g/mol. The lowest BCUT2D eigenvalue weighted by Gasteiger charge is -2.13. The Morgan fingerprint density at radius 2 is 1.35 bits per heavy atom. The molecule has 0 aromatic carbocycles. The second-order valence-electron chi connectivity index (χ2n) is 5.39. The predicted molar refractivity (Wildman–Crippen MR) is 81.3 cm³/mol. The summed E-state index contributed by atoms with van der Waals surface area (Å²) in [7, 11) is 0. The second-order valence-corrected chi connectivity index (χ2v) is 5.39. The van der Waals surface area contributed by atoms with Crippen LogP contribution in [0.1, 0.15) is 77.0 Å². The third kappa shape index (κ3) is 13.2. The highest BCUT2D eigenvalue weighted by atomic mass is 16.1. The van der Waals surface area contributed by atoms with Gasteiger partial charge >= 0.3 is 0 Å². The molecule has 3 nitrogen and oxygen atoms in total. The Morgan fingerprint density at radius 3 is 1.95 bits per heavy atom. The van der Waals surface area contributed by atoms with Gasteiger partial charge in [0.2, 0.25) is 0 Å². The van der Waals surface area contributed by atoms with Gasteiger partial charge in [-0.25, -0.2) is 4.79 Å². The summed E-state index contributed by atoms with van der Waals surface area (Å²) in [5, 5.41) is 0. The first-order valence-electron chi connectivity index (χ1n) is 7.91. The van der Waals surface area contributed by atoms with Crippen LogP contribution in [0.2, 0.25) is 0 Å². The highest BCUT2D eigenvalue weighted by Crippen LogP contribution is 2.20. The summed E-state index contributed by atoms with van der Waals surface area (Å²) >= 11 is 0. The van der Waals surface area contributed by atoms with E-state index in [-0.39, 0.29) is 0 Å². The summed E-state index contributed by atoms with van der Waals surface area (Å²) in [5.74, 6) is 2.31. The van der Waals surface area contributed by atoms with Gasteiger partial charge in [-0.1, -0.05) is 44.9 Å². The molecule has 0 aromatic heterocycles. The molecule has 1 atom stereocenters. The molecule has 0 aliphatic heterocycles. The number of carbonyl (C=O) groups is 2. The van der Waals surface area contributed by atoms with Gasteiger partial charge in [-0.05, 0) is 31.3 Å². The van der Waals surface area contributed by atoms with Gasteiger partial charge in [-0.3, -0.25) is 0 Å². The molecule has 3 heteroatoms. The smallest absolute Gasteiger partial charge is 0.120 e. The fourth-order valence-corrected chi connectivity index (χ4v) is 2.45. The molecule has 0 spiro atoms. The van der Waals surface area contributed by atoms with Crippen LogP contribution in [-0.2, 0) is 14.4 Å². The minimum Gasteiger partial charge on any atom is -0.303 e. The molecular formula is C17H28O3. The SMILES string of the molecule is O=C=CCCCCCCC(CC=O)CCCCCC=O. The number of hydrogen-bond acceptors (Lipinski definition) is 3. The average Bonchev–Trinajstić information content (AvgIpc) is 2.46. The van der Waals surface area contributed by atoms with E-state index in [1.807, 2.05) is 0 Å². The molecule has 0 rings (SSSR count). The maximum absolute atomic E-state index is 10.7. The van der Waals surface area contributed by atoms with Crippen molar-refractivity contribution >= 4 is 18.5 Å². The van der Waals surface area contributed by atoms with Gasteiger partial charge in [-0.2, -0.15) is 0 Å². The highest BCUT2D eigenvalue weighted by Gasteiger charge is 2.07. The van der Waals surface area contributed by atoms with Gasteiger partial charge in [-0.15, -0.1) is 0 Å². The van der Waals surface area contributed by atoms with E-state index in [0.717, 1.165) is 70.4 Å². The third-order valence-electron chi connectivity index (χ3n) is 3.66. The van der Waals surface area contributed by atoms with E-state index in [4.69, 9.17) is 0 Å². The zero-order valence-corrected chi connectivity index (χ0v) is 12.5. The number of aldehydes is 2. The quantitative estimate of drug-likeness (QED) is 0.258. The Kier molecular flexibility index (Phi) is 14.9. The topological polar surface area (TPSA) is 51.2 Å². The third-order valence-corrected chi connectivity index (χ3v) is 3.66. The van der Waals surface area contributed by atoms with E-state index in [1.165, 1.54) is 6.42 Å². The van der Waals surface area contributed by atoms with E-state index in [2.05, 4.69) is 0 Å². The van der Waals surface area contributed by atoms with Crippen molar-refractivity contribution in [2.45, 2.75) is 77.0 Å². The Bertz CT molecular complexity index is 280. The van der Waals surface area contributed by atoms with Crippen LogP contribution < -0.4 is 0 Å². The van der Waals surface area contributed by atoms with Crippen molar-refractivity contribution in [3.63, 3.8) is 0 Å². The molecule has 0 heterocycles. The maximum atomic E-state index is 10.7. The first kappa shape index (κ1) is 18.8. The first-order chi connectivity index (χ1) is 9.85. The van der Waals surface area contributed by atoms with Crippen molar-refractivity contribution in [3.05, 3.63) is 6.08 Å². The Morgan fingerprint density at radius 1 is 0.750 bits per heavy atom. The molecule has 114 valence electrons. The summed E-state index contributed by atoms with van der Waals surface area (Å²) < 4.78 is 0. The Labute approximate surface area is 122 Å². The van der Waals surface area contributed by atoms with E-state index in [9.17, 15) is 14.4 Å². The van der Waals surface area contributed by atoms with Crippen molar-refractivity contribution < 1.29 is 14.4 Å². The normalized spacial score (nSPS) is 11.6. The summed E-state index contributed by atoms with van der Waals surface area (Å²) in [6.45, 7) is 0. The van der Waals surface area contributed by atoms with Gasteiger partial charge in [0, 0.05) is 12.8 Å². The Hall–Kier alpha value is -1.21. The average molecular weight is 280 g/mol. The number of hydrogen-bond donors (Lipinski definition) is 0. The van der Waals surface area contributed by atoms with Gasteiger partial charge in [0.15, 0.2) is 0 Å². The lowest BCUT2D eigenvalue weighted by molar-refractivity contribution is -0.109. The van der Waals surface area contributed by atoms with Crippen molar-refractivity contribution in [1.82, 2.24) is 0 Å². The van der Waals surface area contributed by atoms with Crippen LogP contribution in [0.25, 0.3) is 0 Å². The van der Waals surface area contributed by atoms with Crippen molar-refractivity contribution in [1.29, 1.82) is 0 Å². The molecule has 0 saturated heterocycles. The van der Waals surface area contributed by atoms with Crippen molar-refractivity contribution in [2.24, 2.45) is 5.92 Å². The number of allylic oxidation sites excluding steroid dienone is 1. The van der Waals surface area contributed by atoms with Gasteiger partial charge in [0.25, 0.3) is 0 Å². The van der Waals surface area contributed by atoms with Crippen LogP contribution in [0.4, 0.5) is 0 Å². The van der Waals surface area contributed by atoms with Crippen molar-refractivity contribution in [2.75, 3.05) is 0 Å². The fraction of sp³-hybridized carbons (Fsp3) is 0.765. The number of rotatable bonds is 15. The van der Waals surface area contributed by atoms with Crippen LogP contribution >= 0.6 is 0 Å². The lowest BCUT2D eigenvalue weighted by Crippen LogP contribution is -2.02. The zero-order valence-electron chi connectivity index (χ0n) is 12.5. The molecule has 0 radical (unpaired) electrons. The fourth-order valence-electron chi connectivity index (χ4n) is 2.45. The maximum Gasteiger partial charge on any atom is 0.120 e. The molecule has 0 amide bonds. The van der Waals surface area contributed by atoms with Crippen LogP contribution in [0.3, 0.4) is 0 Å². The van der Waals surface area contributed by atoms with Gasteiger partial charge < -0.3 is 9.59 Å². The van der Waals surface area contributed by atoms with E-state index < -0.39 is 0 Å². The molecule has 1 unspecified atom stereocenters. The van der Waals surface area contributed by atoms with Crippen LogP contribution in [0.15, 0.2) is 6.08 Å². The molecule has 0 aliphatic carbocycles. The number of unbranched alkanes of at least 4 members (excludes halogenated alkanes) is 7. The van der Waals surface area contributed by atoms with E-state index in [1.54, 1.807) is 12.0 Å². The highest BCUT2D eigenvalue weighted by molar-refractivity contribution is 5.49. The zero-order chi connectivity index (χ0) is 14.9. The van der Waals surface area contributed by atoms with Gasteiger partial charge in [0.1, 0.15) is 18.5 Å². The van der Waals surface area contributed by atoms with E-state index in [0.29, 0.717) is 18.8 Å². The summed E-state index contributed by atoms with van der Waals surface area (Å²) in [5.41, 5.74) is 0. The van der Waals surface area contributed by atoms with Crippen LogP contribution in [-0.4, -0.2) is 18.5 Å². The molecule has 0 saturated carbocycles. The monoisotopic (exact) mass is 280 g/mol. The standard InChI is InChI=1S/C17H28O3/c18-14-9-5-2-1-3-7-11-17(13-16-20)12-8-4-6-10-15-19/h9,15-17H,1-8,10-13H2.